The predicted octanol–water partition coefficient (Wildman–Crippen LogP) is 1.72. The number of aryl methyl sites for hydroxylation is 1. The number of ether oxygens (including phenoxy) is 2. The molecule has 0 heterocycles. The average Bonchev–Trinajstić information content (AvgIpc) is 2.11. The smallest absolute Gasteiger partial charge is 0.437 e. The van der Waals surface area contributed by atoms with Gasteiger partial charge in [0, 0.05) is 11.8 Å². The van der Waals surface area contributed by atoms with E-state index in [9.17, 15) is 4.79 Å². The summed E-state index contributed by atoms with van der Waals surface area (Å²) in [5.41, 5.74) is 6.89. The first-order chi connectivity index (χ1) is 6.13. The third kappa shape index (κ3) is 2.37. The summed E-state index contributed by atoms with van der Waals surface area (Å²) in [6.45, 7) is 1.82. The first-order valence-electron chi connectivity index (χ1n) is 3.75. The Labute approximate surface area is 76.3 Å². The lowest BCUT2D eigenvalue weighted by atomic mass is 10.2. The lowest BCUT2D eigenvalue weighted by molar-refractivity contribution is 0.121. The second kappa shape index (κ2) is 3.80. The Balaban J connectivity index is 2.87. The van der Waals surface area contributed by atoms with Crippen LogP contribution in [0.25, 0.3) is 0 Å². The number of hydrogen-bond donors (Lipinski definition) is 1. The first kappa shape index (κ1) is 9.38. The Morgan fingerprint density at radius 2 is 2.15 bits per heavy atom. The Morgan fingerprint density at radius 3 is 2.77 bits per heavy atom. The van der Waals surface area contributed by atoms with E-state index < -0.39 is 6.16 Å². The number of benzene rings is 1. The zero-order valence-corrected chi connectivity index (χ0v) is 7.53. The minimum absolute atomic E-state index is 0.423. The highest BCUT2D eigenvalue weighted by atomic mass is 16.7. The molecule has 4 heteroatoms. The van der Waals surface area contributed by atoms with Crippen molar-refractivity contribution in [1.29, 1.82) is 0 Å². The van der Waals surface area contributed by atoms with Gasteiger partial charge in [0.15, 0.2) is 0 Å². The predicted molar refractivity (Wildman–Crippen MR) is 48.6 cm³/mol. The molecular formula is C9H11NO3. The largest absolute Gasteiger partial charge is 0.513 e. The Bertz CT molecular complexity index is 323. The number of nitrogen functional groups attached to an aromatic ring is 1. The zero-order valence-electron chi connectivity index (χ0n) is 7.53. The molecule has 1 rings (SSSR count). The minimum Gasteiger partial charge on any atom is -0.437 e. The van der Waals surface area contributed by atoms with Crippen LogP contribution < -0.4 is 10.5 Å². The Kier molecular flexibility index (Phi) is 2.74. The van der Waals surface area contributed by atoms with Crippen molar-refractivity contribution in [2.24, 2.45) is 0 Å². The van der Waals surface area contributed by atoms with E-state index in [1.54, 1.807) is 18.2 Å². The van der Waals surface area contributed by atoms with Gasteiger partial charge in [-0.1, -0.05) is 6.07 Å². The molecule has 0 fully saturated rings. The van der Waals surface area contributed by atoms with E-state index in [-0.39, 0.29) is 0 Å². The molecule has 1 aromatic rings. The number of nitrogens with two attached hydrogens (primary N) is 1. The molecule has 13 heavy (non-hydrogen) atoms. The van der Waals surface area contributed by atoms with Crippen LogP contribution in [-0.2, 0) is 4.74 Å². The SMILES string of the molecule is COC(=O)Oc1cc(N)ccc1C. The van der Waals surface area contributed by atoms with Crippen LogP contribution in [0, 0.1) is 6.92 Å². The van der Waals surface area contributed by atoms with E-state index in [4.69, 9.17) is 10.5 Å². The van der Waals surface area contributed by atoms with Crippen molar-refractivity contribution in [2.45, 2.75) is 6.92 Å². The van der Waals surface area contributed by atoms with Gasteiger partial charge in [0.2, 0.25) is 0 Å². The third-order valence-corrected chi connectivity index (χ3v) is 1.57. The molecule has 4 nitrogen and oxygen atoms in total. The van der Waals surface area contributed by atoms with Crippen LogP contribution in [0.4, 0.5) is 10.5 Å². The molecule has 0 saturated carbocycles. The van der Waals surface area contributed by atoms with Gasteiger partial charge in [-0.3, -0.25) is 0 Å². The molecule has 0 amide bonds. The monoisotopic (exact) mass is 181 g/mol. The summed E-state index contributed by atoms with van der Waals surface area (Å²) in [6.07, 6.45) is -0.742. The van der Waals surface area contributed by atoms with E-state index in [0.29, 0.717) is 11.4 Å². The maximum atomic E-state index is 10.8. The number of hydrogen-bond acceptors (Lipinski definition) is 4. The van der Waals surface area contributed by atoms with Crippen molar-refractivity contribution in [3.05, 3.63) is 23.8 Å². The van der Waals surface area contributed by atoms with E-state index >= 15 is 0 Å². The molecule has 0 unspecified atom stereocenters. The molecule has 0 saturated heterocycles. The molecule has 0 aliphatic heterocycles. The normalized spacial score (nSPS) is 9.38. The van der Waals surface area contributed by atoms with Gasteiger partial charge in [0.1, 0.15) is 5.75 Å². The van der Waals surface area contributed by atoms with Crippen molar-refractivity contribution in [3.63, 3.8) is 0 Å². The Morgan fingerprint density at radius 1 is 1.46 bits per heavy atom. The molecule has 0 bridgehead atoms. The van der Waals surface area contributed by atoms with Crippen LogP contribution in [0.15, 0.2) is 18.2 Å². The van der Waals surface area contributed by atoms with E-state index in [1.165, 1.54) is 7.11 Å². The maximum Gasteiger partial charge on any atom is 0.513 e. The molecule has 2 N–H and O–H groups in total. The third-order valence-electron chi connectivity index (χ3n) is 1.57. The standard InChI is InChI=1S/C9H11NO3/c1-6-3-4-7(10)5-8(6)13-9(11)12-2/h3-5H,10H2,1-2H3. The summed E-state index contributed by atoms with van der Waals surface area (Å²) < 4.78 is 9.18. The fourth-order valence-electron chi connectivity index (χ4n) is 0.858. The lowest BCUT2D eigenvalue weighted by Crippen LogP contribution is -2.08. The molecular weight excluding hydrogens is 170 g/mol. The first-order valence-corrected chi connectivity index (χ1v) is 3.75. The number of carbonyl (C=O) groups is 1. The fraction of sp³-hybridized carbons (Fsp3) is 0.222. The second-order valence-electron chi connectivity index (χ2n) is 2.58. The van der Waals surface area contributed by atoms with E-state index in [1.807, 2.05) is 6.92 Å². The Hall–Kier alpha value is -1.71. The molecule has 1 aromatic carbocycles. The molecule has 0 aliphatic rings. The highest BCUT2D eigenvalue weighted by Gasteiger charge is 2.06. The van der Waals surface area contributed by atoms with Gasteiger partial charge in [0.05, 0.1) is 7.11 Å². The van der Waals surface area contributed by atoms with Gasteiger partial charge >= 0.3 is 6.16 Å². The second-order valence-corrected chi connectivity index (χ2v) is 2.58. The van der Waals surface area contributed by atoms with Crippen LogP contribution in [0.5, 0.6) is 5.75 Å². The van der Waals surface area contributed by atoms with Gasteiger partial charge in [0.25, 0.3) is 0 Å². The lowest BCUT2D eigenvalue weighted by Gasteiger charge is -2.06. The summed E-state index contributed by atoms with van der Waals surface area (Å²) in [6, 6.07) is 5.08. The topological polar surface area (TPSA) is 61.5 Å². The van der Waals surface area contributed by atoms with Crippen molar-refractivity contribution in [1.82, 2.24) is 0 Å². The minimum atomic E-state index is -0.742. The van der Waals surface area contributed by atoms with E-state index in [0.717, 1.165) is 5.56 Å². The molecule has 0 atom stereocenters. The van der Waals surface area contributed by atoms with Crippen molar-refractivity contribution in [2.75, 3.05) is 12.8 Å². The van der Waals surface area contributed by atoms with Crippen molar-refractivity contribution >= 4 is 11.8 Å². The maximum absolute atomic E-state index is 10.8. The summed E-state index contributed by atoms with van der Waals surface area (Å²) >= 11 is 0. The molecule has 0 aromatic heterocycles. The molecule has 70 valence electrons. The van der Waals surface area contributed by atoms with Gasteiger partial charge in [-0.2, -0.15) is 0 Å². The number of carbonyl (C=O) groups excluding carboxylic acids is 1. The highest BCUT2D eigenvalue weighted by molar-refractivity contribution is 5.65. The van der Waals surface area contributed by atoms with E-state index in [2.05, 4.69) is 4.74 Å². The van der Waals surface area contributed by atoms with Crippen molar-refractivity contribution < 1.29 is 14.3 Å². The average molecular weight is 181 g/mol. The van der Waals surface area contributed by atoms with Crippen LogP contribution in [0.1, 0.15) is 5.56 Å². The van der Waals surface area contributed by atoms with Crippen molar-refractivity contribution in [3.8, 4) is 5.75 Å². The summed E-state index contributed by atoms with van der Waals surface area (Å²) in [5.74, 6) is 0.423. The van der Waals surface area contributed by atoms with Gasteiger partial charge in [-0.15, -0.1) is 0 Å². The number of methoxy groups -OCH3 is 1. The molecule has 0 aliphatic carbocycles. The van der Waals surface area contributed by atoms with Gasteiger partial charge in [-0.05, 0) is 18.6 Å². The van der Waals surface area contributed by atoms with Crippen LogP contribution >= 0.6 is 0 Å². The number of rotatable bonds is 1. The van der Waals surface area contributed by atoms with Crippen LogP contribution in [0.2, 0.25) is 0 Å². The van der Waals surface area contributed by atoms with Gasteiger partial charge < -0.3 is 15.2 Å². The highest BCUT2D eigenvalue weighted by Crippen LogP contribution is 2.20. The number of anilines is 1. The van der Waals surface area contributed by atoms with Crippen LogP contribution in [-0.4, -0.2) is 13.3 Å². The van der Waals surface area contributed by atoms with Gasteiger partial charge in [-0.25, -0.2) is 4.79 Å². The van der Waals surface area contributed by atoms with Crippen LogP contribution in [0.3, 0.4) is 0 Å². The quantitative estimate of drug-likeness (QED) is 0.407. The zero-order chi connectivity index (χ0) is 9.84. The fourth-order valence-corrected chi connectivity index (χ4v) is 0.858. The summed E-state index contributed by atoms with van der Waals surface area (Å²) in [4.78, 5) is 10.8. The summed E-state index contributed by atoms with van der Waals surface area (Å²) in [7, 11) is 1.25. The molecule has 0 spiro atoms. The molecule has 0 radical (unpaired) electrons. The summed E-state index contributed by atoms with van der Waals surface area (Å²) in [5, 5.41) is 0.